The van der Waals surface area contributed by atoms with Crippen LogP contribution in [0.2, 0.25) is 0 Å². The molecule has 1 aliphatic heterocycles. The zero-order chi connectivity index (χ0) is 13.7. The van der Waals surface area contributed by atoms with E-state index in [0.717, 1.165) is 5.69 Å². The van der Waals surface area contributed by atoms with Crippen molar-refractivity contribution in [2.45, 2.75) is 18.9 Å². The lowest BCUT2D eigenvalue weighted by Gasteiger charge is -2.23. The minimum atomic E-state index is -0.411. The minimum Gasteiger partial charge on any atom is -0.491 e. The molecule has 3 N–H and O–H groups in total. The average Bonchev–Trinajstić information content (AvgIpc) is 2.40. The highest BCUT2D eigenvalue weighted by atomic mass is 16.5. The first-order chi connectivity index (χ1) is 9.19. The van der Waals surface area contributed by atoms with Gasteiger partial charge >= 0.3 is 0 Å². The number of carbonyl (C=O) groups is 2. The Morgan fingerprint density at radius 3 is 3.00 bits per heavy atom. The molecule has 0 spiro atoms. The van der Waals surface area contributed by atoms with E-state index in [-0.39, 0.29) is 25.0 Å². The fourth-order valence-electron chi connectivity index (χ4n) is 1.87. The van der Waals surface area contributed by atoms with Crippen LogP contribution in [0.15, 0.2) is 24.3 Å². The summed E-state index contributed by atoms with van der Waals surface area (Å²) in [4.78, 5) is 22.6. The smallest absolute Gasteiger partial charge is 0.249 e. The van der Waals surface area contributed by atoms with Gasteiger partial charge in [-0.3, -0.25) is 14.9 Å². The number of carbonyl (C=O) groups excluding carboxylic acids is 2. The third-order valence-electron chi connectivity index (χ3n) is 2.77. The van der Waals surface area contributed by atoms with Gasteiger partial charge in [0.1, 0.15) is 18.4 Å². The number of ether oxygens (including phenoxy) is 1. The van der Waals surface area contributed by atoms with Crippen LogP contribution in [0.3, 0.4) is 0 Å². The third-order valence-corrected chi connectivity index (χ3v) is 2.77. The Morgan fingerprint density at radius 1 is 1.42 bits per heavy atom. The molecule has 1 fully saturated rings. The van der Waals surface area contributed by atoms with Crippen LogP contribution in [0.1, 0.15) is 12.8 Å². The average molecular weight is 264 g/mol. The van der Waals surface area contributed by atoms with Gasteiger partial charge in [0.05, 0.1) is 6.61 Å². The summed E-state index contributed by atoms with van der Waals surface area (Å²) in [6, 6.07) is 6.71. The Balaban J connectivity index is 1.98. The SMILES string of the molecule is O=C1CCC(Nc2cccc(OCCO)c2)C(=O)N1. The monoisotopic (exact) mass is 264 g/mol. The van der Waals surface area contributed by atoms with Crippen LogP contribution in [0.5, 0.6) is 5.75 Å². The van der Waals surface area contributed by atoms with Crippen molar-refractivity contribution in [2.75, 3.05) is 18.5 Å². The highest BCUT2D eigenvalue weighted by Crippen LogP contribution is 2.19. The summed E-state index contributed by atoms with van der Waals surface area (Å²) in [5.41, 5.74) is 0.741. The van der Waals surface area contributed by atoms with Gasteiger partial charge < -0.3 is 15.2 Å². The Morgan fingerprint density at radius 2 is 2.26 bits per heavy atom. The molecule has 0 aromatic heterocycles. The first-order valence-electron chi connectivity index (χ1n) is 6.13. The molecule has 2 amide bonds. The van der Waals surface area contributed by atoms with E-state index in [2.05, 4.69) is 10.6 Å². The molecular weight excluding hydrogens is 248 g/mol. The summed E-state index contributed by atoms with van der Waals surface area (Å²) in [5, 5.41) is 14.0. The van der Waals surface area contributed by atoms with E-state index in [1.807, 2.05) is 6.07 Å². The molecular formula is C13H16N2O4. The molecule has 1 heterocycles. The maximum absolute atomic E-state index is 11.6. The van der Waals surface area contributed by atoms with E-state index in [1.165, 1.54) is 0 Å². The molecule has 0 aliphatic carbocycles. The third kappa shape index (κ3) is 3.69. The number of benzene rings is 1. The van der Waals surface area contributed by atoms with E-state index < -0.39 is 6.04 Å². The number of amides is 2. The van der Waals surface area contributed by atoms with E-state index >= 15 is 0 Å². The lowest BCUT2D eigenvalue weighted by atomic mass is 10.1. The first kappa shape index (κ1) is 13.4. The Labute approximate surface area is 110 Å². The second-order valence-corrected chi connectivity index (χ2v) is 4.25. The Hall–Kier alpha value is -2.08. The van der Waals surface area contributed by atoms with Gasteiger partial charge in [0.2, 0.25) is 11.8 Å². The van der Waals surface area contributed by atoms with Crippen LogP contribution in [0, 0.1) is 0 Å². The van der Waals surface area contributed by atoms with Gasteiger partial charge in [-0.05, 0) is 18.6 Å². The standard InChI is InChI=1S/C13H16N2O4/c16-6-7-19-10-3-1-2-9(8-10)14-11-4-5-12(17)15-13(11)18/h1-3,8,11,14,16H,4-7H2,(H,15,17,18). The number of anilines is 1. The van der Waals surface area contributed by atoms with Gasteiger partial charge in [0, 0.05) is 18.2 Å². The fourth-order valence-corrected chi connectivity index (χ4v) is 1.87. The first-order valence-corrected chi connectivity index (χ1v) is 6.13. The van der Waals surface area contributed by atoms with Crippen LogP contribution in [0.4, 0.5) is 5.69 Å². The number of aliphatic hydroxyl groups is 1. The van der Waals surface area contributed by atoms with E-state index in [4.69, 9.17) is 9.84 Å². The Bertz CT molecular complexity index is 475. The lowest BCUT2D eigenvalue weighted by molar-refractivity contribution is -0.133. The topological polar surface area (TPSA) is 87.7 Å². The number of imide groups is 1. The van der Waals surface area contributed by atoms with Crippen molar-refractivity contribution in [3.63, 3.8) is 0 Å². The lowest BCUT2D eigenvalue weighted by Crippen LogP contribution is -2.47. The molecule has 1 saturated heterocycles. The van der Waals surface area contributed by atoms with Gasteiger partial charge in [0.25, 0.3) is 0 Å². The molecule has 6 nitrogen and oxygen atoms in total. The maximum Gasteiger partial charge on any atom is 0.249 e. The van der Waals surface area contributed by atoms with Crippen LogP contribution in [0.25, 0.3) is 0 Å². The quantitative estimate of drug-likeness (QED) is 0.665. The van der Waals surface area contributed by atoms with Gasteiger partial charge in [-0.2, -0.15) is 0 Å². The normalized spacial score (nSPS) is 18.9. The van der Waals surface area contributed by atoms with Crippen molar-refractivity contribution >= 4 is 17.5 Å². The fraction of sp³-hybridized carbons (Fsp3) is 0.385. The van der Waals surface area contributed by atoms with Crippen molar-refractivity contribution in [3.8, 4) is 5.75 Å². The highest BCUT2D eigenvalue weighted by Gasteiger charge is 2.26. The summed E-state index contributed by atoms with van der Waals surface area (Å²) in [5.74, 6) is 0.0763. The van der Waals surface area contributed by atoms with Gasteiger partial charge in [0.15, 0.2) is 0 Å². The molecule has 1 atom stereocenters. The minimum absolute atomic E-state index is 0.0508. The summed E-state index contributed by atoms with van der Waals surface area (Å²) >= 11 is 0. The molecule has 1 unspecified atom stereocenters. The van der Waals surface area contributed by atoms with Crippen LogP contribution in [-0.4, -0.2) is 36.2 Å². The summed E-state index contributed by atoms with van der Waals surface area (Å²) in [7, 11) is 0. The predicted molar refractivity (Wildman–Crippen MR) is 68.8 cm³/mol. The molecule has 6 heteroatoms. The van der Waals surface area contributed by atoms with E-state index in [1.54, 1.807) is 18.2 Å². The van der Waals surface area contributed by atoms with E-state index in [0.29, 0.717) is 18.6 Å². The second-order valence-electron chi connectivity index (χ2n) is 4.25. The van der Waals surface area contributed by atoms with Crippen molar-refractivity contribution < 1.29 is 19.4 Å². The highest BCUT2D eigenvalue weighted by molar-refractivity contribution is 6.01. The van der Waals surface area contributed by atoms with Crippen molar-refractivity contribution in [2.24, 2.45) is 0 Å². The van der Waals surface area contributed by atoms with Crippen molar-refractivity contribution in [1.29, 1.82) is 0 Å². The Kier molecular flexibility index (Phi) is 4.35. The number of nitrogens with one attached hydrogen (secondary N) is 2. The molecule has 1 aliphatic rings. The van der Waals surface area contributed by atoms with Gasteiger partial charge in [-0.15, -0.1) is 0 Å². The van der Waals surface area contributed by atoms with Gasteiger partial charge in [-0.1, -0.05) is 6.07 Å². The van der Waals surface area contributed by atoms with Crippen molar-refractivity contribution in [1.82, 2.24) is 5.32 Å². The molecule has 2 rings (SSSR count). The molecule has 19 heavy (non-hydrogen) atoms. The number of piperidine rings is 1. The maximum atomic E-state index is 11.6. The summed E-state index contributed by atoms with van der Waals surface area (Å²) in [6.07, 6.45) is 0.816. The van der Waals surface area contributed by atoms with Gasteiger partial charge in [-0.25, -0.2) is 0 Å². The van der Waals surface area contributed by atoms with Crippen LogP contribution >= 0.6 is 0 Å². The largest absolute Gasteiger partial charge is 0.491 e. The number of rotatable bonds is 5. The number of hydrogen-bond donors (Lipinski definition) is 3. The second kappa shape index (κ2) is 6.19. The molecule has 1 aromatic rings. The molecule has 1 aromatic carbocycles. The number of hydrogen-bond acceptors (Lipinski definition) is 5. The zero-order valence-corrected chi connectivity index (χ0v) is 10.4. The summed E-state index contributed by atoms with van der Waals surface area (Å²) < 4.78 is 5.28. The zero-order valence-electron chi connectivity index (χ0n) is 10.4. The molecule has 0 saturated carbocycles. The molecule has 0 bridgehead atoms. The molecule has 0 radical (unpaired) electrons. The predicted octanol–water partition coefficient (Wildman–Crippen LogP) is 0.275. The number of aliphatic hydroxyl groups excluding tert-OH is 1. The van der Waals surface area contributed by atoms with E-state index in [9.17, 15) is 9.59 Å². The van der Waals surface area contributed by atoms with Crippen molar-refractivity contribution in [3.05, 3.63) is 24.3 Å². The van der Waals surface area contributed by atoms with Crippen LogP contribution < -0.4 is 15.4 Å². The van der Waals surface area contributed by atoms with Crippen LogP contribution in [-0.2, 0) is 9.59 Å². The molecule has 102 valence electrons. The summed E-state index contributed by atoms with van der Waals surface area (Å²) in [6.45, 7) is 0.173.